The molecule has 4 saturated carbocycles. The van der Waals surface area contributed by atoms with Crippen LogP contribution in [0.25, 0.3) is 0 Å². The predicted octanol–water partition coefficient (Wildman–Crippen LogP) is 5.00. The molecule has 29 heavy (non-hydrogen) atoms. The van der Waals surface area contributed by atoms with Crippen LogP contribution in [0, 0.1) is 45.8 Å². The van der Waals surface area contributed by atoms with E-state index in [0.29, 0.717) is 29.3 Å². The van der Waals surface area contributed by atoms with Crippen molar-refractivity contribution < 1.29 is 9.53 Å². The number of hydrogen-bond acceptors (Lipinski definition) is 4. The number of carbonyl (C=O) groups excluding carboxylic acids is 1. The van der Waals surface area contributed by atoms with Gasteiger partial charge in [0.25, 0.3) is 0 Å². The molecule has 0 radical (unpaired) electrons. The first-order valence-corrected chi connectivity index (χ1v) is 12.2. The molecule has 0 aliphatic heterocycles. The van der Waals surface area contributed by atoms with Crippen LogP contribution in [0.4, 0.5) is 0 Å². The monoisotopic (exact) mass is 420 g/mol. The molecular weight excluding hydrogens is 384 g/mol. The summed E-state index contributed by atoms with van der Waals surface area (Å²) < 4.78 is 5.62. The van der Waals surface area contributed by atoms with Gasteiger partial charge in [-0.05, 0) is 99.3 Å². The molecule has 0 aromatic rings. The molecule has 0 spiro atoms. The van der Waals surface area contributed by atoms with Gasteiger partial charge in [-0.1, -0.05) is 13.8 Å². The van der Waals surface area contributed by atoms with Gasteiger partial charge in [0.1, 0.15) is 12.0 Å². The fourth-order valence-electron chi connectivity index (χ4n) is 8.46. The van der Waals surface area contributed by atoms with Gasteiger partial charge >= 0.3 is 5.97 Å². The lowest BCUT2D eigenvalue weighted by Gasteiger charge is -2.61. The maximum absolute atomic E-state index is 11.7. The van der Waals surface area contributed by atoms with E-state index in [1.807, 2.05) is 0 Å². The molecule has 4 aliphatic carbocycles. The fraction of sp³-hybridized carbons (Fsp3) is 0.917. The van der Waals surface area contributed by atoms with Crippen molar-refractivity contribution >= 4 is 17.6 Å². The van der Waals surface area contributed by atoms with Gasteiger partial charge in [0, 0.05) is 6.04 Å². The molecule has 0 aromatic heterocycles. The third kappa shape index (κ3) is 3.51. The van der Waals surface area contributed by atoms with Gasteiger partial charge in [0.05, 0.1) is 12.6 Å². The average Bonchev–Trinajstić information content (AvgIpc) is 3.05. The van der Waals surface area contributed by atoms with E-state index in [2.05, 4.69) is 31.9 Å². The van der Waals surface area contributed by atoms with Crippen LogP contribution in [0.5, 0.6) is 0 Å². The number of rotatable bonds is 4. The molecule has 162 valence electrons. The van der Waals surface area contributed by atoms with Crippen LogP contribution in [0.1, 0.15) is 71.6 Å². The molecule has 0 N–H and O–H groups in total. The summed E-state index contributed by atoms with van der Waals surface area (Å²) in [5, 5.41) is 9.19. The summed E-state index contributed by atoms with van der Waals surface area (Å²) in [6, 6.07) is 2.92. The topological polar surface area (TPSA) is 53.3 Å². The van der Waals surface area contributed by atoms with E-state index in [0.717, 1.165) is 30.6 Å². The molecular formula is C24H37ClN2O2. The second-order valence-corrected chi connectivity index (χ2v) is 11.2. The Kier molecular flexibility index (Phi) is 5.95. The summed E-state index contributed by atoms with van der Waals surface area (Å²) in [6.07, 6.45) is 11.1. The number of nitriles is 1. The van der Waals surface area contributed by atoms with Gasteiger partial charge in [0.15, 0.2) is 0 Å². The molecule has 0 aromatic carbocycles. The zero-order chi connectivity index (χ0) is 20.8. The quantitative estimate of drug-likeness (QED) is 0.364. The molecule has 4 rings (SSSR count). The summed E-state index contributed by atoms with van der Waals surface area (Å²) in [4.78, 5) is 14.0. The van der Waals surface area contributed by atoms with E-state index < -0.39 is 0 Å². The van der Waals surface area contributed by atoms with Crippen LogP contribution < -0.4 is 0 Å². The van der Waals surface area contributed by atoms with Gasteiger partial charge in [-0.15, -0.1) is 11.6 Å². The minimum absolute atomic E-state index is 0.0369. The van der Waals surface area contributed by atoms with E-state index in [-0.39, 0.29) is 18.0 Å². The summed E-state index contributed by atoms with van der Waals surface area (Å²) in [6.45, 7) is 5.62. The Balaban J connectivity index is 1.49. The average molecular weight is 421 g/mol. The zero-order valence-corrected chi connectivity index (χ0v) is 19.1. The van der Waals surface area contributed by atoms with E-state index >= 15 is 0 Å². The summed E-state index contributed by atoms with van der Waals surface area (Å²) in [7, 11) is 2.15. The second-order valence-electron chi connectivity index (χ2n) is 10.9. The second kappa shape index (κ2) is 8.04. The number of alkyl halides is 1. The normalized spacial score (nSPS) is 46.3. The van der Waals surface area contributed by atoms with Crippen molar-refractivity contribution in [1.29, 1.82) is 5.26 Å². The van der Waals surface area contributed by atoms with Crippen LogP contribution >= 0.6 is 11.6 Å². The van der Waals surface area contributed by atoms with Gasteiger partial charge in [0.2, 0.25) is 0 Å². The van der Waals surface area contributed by atoms with Crippen molar-refractivity contribution in [2.75, 3.05) is 19.5 Å². The molecule has 4 fully saturated rings. The SMILES string of the molecule is CN(CC#N)C1CCC2C3CC[C@H]4CC(OC(=O)CCl)CC[C@]4(C)C3CC[C@@]21C. The first kappa shape index (κ1) is 21.4. The molecule has 4 aliphatic rings. The van der Waals surface area contributed by atoms with Crippen molar-refractivity contribution in [3.63, 3.8) is 0 Å². The number of ether oxygens (including phenoxy) is 1. The highest BCUT2D eigenvalue weighted by molar-refractivity contribution is 6.26. The Bertz CT molecular complexity index is 678. The van der Waals surface area contributed by atoms with Gasteiger partial charge in [-0.3, -0.25) is 9.69 Å². The van der Waals surface area contributed by atoms with Crippen molar-refractivity contribution in [2.24, 2.45) is 34.5 Å². The number of fused-ring (bicyclic) bond motifs is 5. The van der Waals surface area contributed by atoms with Gasteiger partial charge < -0.3 is 4.74 Å². The van der Waals surface area contributed by atoms with E-state index in [1.165, 1.54) is 44.9 Å². The Morgan fingerprint density at radius 3 is 2.55 bits per heavy atom. The fourth-order valence-corrected chi connectivity index (χ4v) is 8.52. The zero-order valence-electron chi connectivity index (χ0n) is 18.3. The molecule has 4 nitrogen and oxygen atoms in total. The smallest absolute Gasteiger partial charge is 0.321 e. The highest BCUT2D eigenvalue weighted by Crippen LogP contribution is 2.66. The van der Waals surface area contributed by atoms with Crippen molar-refractivity contribution in [3.8, 4) is 6.07 Å². The summed E-state index contributed by atoms with van der Waals surface area (Å²) in [5.41, 5.74) is 0.758. The Morgan fingerprint density at radius 2 is 1.83 bits per heavy atom. The highest BCUT2D eigenvalue weighted by Gasteiger charge is 2.60. The standard InChI is InChI=1S/C24H37ClN2O2/c1-23-10-8-17(29-22(28)15-25)14-16(23)4-5-18-19-6-7-21(27(3)13-12-26)24(19,2)11-9-20(18)23/h16-21H,4-11,13-15H2,1-3H3/t16-,17?,18?,19?,20?,21?,23-,24-/m0/s1. The van der Waals surface area contributed by atoms with E-state index in [9.17, 15) is 10.1 Å². The van der Waals surface area contributed by atoms with Crippen molar-refractivity contribution in [2.45, 2.75) is 83.8 Å². The lowest BCUT2D eigenvalue weighted by Crippen LogP contribution is -2.56. The Labute approximate surface area is 181 Å². The van der Waals surface area contributed by atoms with Crippen molar-refractivity contribution in [3.05, 3.63) is 0 Å². The first-order chi connectivity index (χ1) is 13.8. The summed E-state index contributed by atoms with van der Waals surface area (Å²) in [5.74, 6) is 2.82. The lowest BCUT2D eigenvalue weighted by molar-refractivity contribution is -0.159. The number of nitrogens with zero attached hydrogens (tertiary/aromatic N) is 2. The van der Waals surface area contributed by atoms with Crippen molar-refractivity contribution in [1.82, 2.24) is 4.90 Å². The Morgan fingerprint density at radius 1 is 1.10 bits per heavy atom. The minimum Gasteiger partial charge on any atom is -0.461 e. The molecule has 0 heterocycles. The predicted molar refractivity (Wildman–Crippen MR) is 114 cm³/mol. The highest BCUT2D eigenvalue weighted by atomic mass is 35.5. The van der Waals surface area contributed by atoms with E-state index in [4.69, 9.17) is 16.3 Å². The van der Waals surface area contributed by atoms with E-state index in [1.54, 1.807) is 0 Å². The lowest BCUT2D eigenvalue weighted by atomic mass is 9.45. The minimum atomic E-state index is -0.263. The Hall–Kier alpha value is -0.790. The molecule has 8 atom stereocenters. The number of halogens is 1. The van der Waals surface area contributed by atoms with Crippen LogP contribution in [0.3, 0.4) is 0 Å². The van der Waals surface area contributed by atoms with Crippen LogP contribution in [0.15, 0.2) is 0 Å². The van der Waals surface area contributed by atoms with Crippen LogP contribution in [-0.2, 0) is 9.53 Å². The third-order valence-electron chi connectivity index (χ3n) is 9.83. The maximum Gasteiger partial charge on any atom is 0.321 e. The first-order valence-electron chi connectivity index (χ1n) is 11.7. The largest absolute Gasteiger partial charge is 0.461 e. The molecule has 0 saturated heterocycles. The summed E-state index contributed by atoms with van der Waals surface area (Å²) >= 11 is 5.65. The van der Waals surface area contributed by atoms with Crippen LogP contribution in [0.2, 0.25) is 0 Å². The van der Waals surface area contributed by atoms with Gasteiger partial charge in [-0.25, -0.2) is 0 Å². The number of carbonyl (C=O) groups is 1. The number of esters is 1. The molecule has 0 amide bonds. The van der Waals surface area contributed by atoms with Gasteiger partial charge in [-0.2, -0.15) is 5.26 Å². The number of hydrogen-bond donors (Lipinski definition) is 0. The molecule has 5 heteroatoms. The molecule has 0 bridgehead atoms. The molecule has 5 unspecified atom stereocenters. The maximum atomic E-state index is 11.7. The van der Waals surface area contributed by atoms with Crippen LogP contribution in [-0.4, -0.2) is 42.5 Å². The third-order valence-corrected chi connectivity index (χ3v) is 10.0.